The maximum Gasteiger partial charge on any atom is 0.230 e. The number of thiophene rings is 1. The summed E-state index contributed by atoms with van der Waals surface area (Å²) in [7, 11) is 0. The minimum atomic E-state index is 0.454. The van der Waals surface area contributed by atoms with E-state index in [1.165, 1.54) is 25.9 Å². The Labute approximate surface area is 116 Å². The van der Waals surface area contributed by atoms with Crippen LogP contribution in [-0.4, -0.2) is 34.2 Å². The van der Waals surface area contributed by atoms with E-state index in [4.69, 9.17) is 4.52 Å². The quantitative estimate of drug-likeness (QED) is 0.863. The van der Waals surface area contributed by atoms with Crippen LogP contribution < -0.4 is 0 Å². The first-order chi connectivity index (χ1) is 9.40. The molecule has 4 nitrogen and oxygen atoms in total. The predicted molar refractivity (Wildman–Crippen MR) is 74.2 cm³/mol. The number of hydrogen-bond acceptors (Lipinski definition) is 5. The molecular formula is C14H17N3OS. The van der Waals surface area contributed by atoms with Crippen molar-refractivity contribution >= 4 is 11.3 Å². The molecule has 2 aromatic heterocycles. The molecule has 0 aromatic carbocycles. The molecule has 0 radical (unpaired) electrons. The van der Waals surface area contributed by atoms with E-state index in [1.807, 2.05) is 11.4 Å². The van der Waals surface area contributed by atoms with Crippen LogP contribution in [0.4, 0.5) is 0 Å². The summed E-state index contributed by atoms with van der Waals surface area (Å²) in [6, 6.07) is 2.92. The molecule has 0 spiro atoms. The van der Waals surface area contributed by atoms with Gasteiger partial charge in [-0.05, 0) is 50.2 Å². The van der Waals surface area contributed by atoms with Crippen molar-refractivity contribution in [2.24, 2.45) is 0 Å². The van der Waals surface area contributed by atoms with Crippen LogP contribution in [0.2, 0.25) is 0 Å². The second-order valence-corrected chi connectivity index (χ2v) is 6.29. The molecule has 5 heteroatoms. The van der Waals surface area contributed by atoms with Crippen molar-refractivity contribution < 1.29 is 4.52 Å². The molecule has 100 valence electrons. The number of piperidine rings is 1. The molecule has 1 aliphatic carbocycles. The topological polar surface area (TPSA) is 42.2 Å². The van der Waals surface area contributed by atoms with E-state index in [0.717, 1.165) is 36.2 Å². The van der Waals surface area contributed by atoms with Crippen molar-refractivity contribution in [3.8, 4) is 11.4 Å². The van der Waals surface area contributed by atoms with Gasteiger partial charge in [-0.15, -0.1) is 0 Å². The largest absolute Gasteiger partial charge is 0.339 e. The highest BCUT2D eigenvalue weighted by atomic mass is 32.1. The SMILES string of the molecule is c1cc(-c2noc(C3CCN(C4CC4)CC3)n2)cs1. The van der Waals surface area contributed by atoms with E-state index in [1.54, 1.807) is 11.3 Å². The van der Waals surface area contributed by atoms with Gasteiger partial charge in [-0.2, -0.15) is 16.3 Å². The number of aromatic nitrogens is 2. The van der Waals surface area contributed by atoms with Crippen LogP contribution in [0.25, 0.3) is 11.4 Å². The van der Waals surface area contributed by atoms with Crippen molar-refractivity contribution in [3.63, 3.8) is 0 Å². The Kier molecular flexibility index (Phi) is 2.89. The highest BCUT2D eigenvalue weighted by molar-refractivity contribution is 7.08. The molecule has 0 unspecified atom stereocenters. The van der Waals surface area contributed by atoms with Gasteiger partial charge in [0.05, 0.1) is 0 Å². The Hall–Kier alpha value is -1.20. The second kappa shape index (κ2) is 4.72. The number of likely N-dealkylation sites (tertiary alicyclic amines) is 1. The van der Waals surface area contributed by atoms with Crippen molar-refractivity contribution in [2.75, 3.05) is 13.1 Å². The van der Waals surface area contributed by atoms with Crippen molar-refractivity contribution in [3.05, 3.63) is 22.7 Å². The zero-order valence-electron chi connectivity index (χ0n) is 10.8. The molecule has 1 aliphatic heterocycles. The Morgan fingerprint density at radius 2 is 2.05 bits per heavy atom. The molecule has 19 heavy (non-hydrogen) atoms. The lowest BCUT2D eigenvalue weighted by Crippen LogP contribution is -2.34. The summed E-state index contributed by atoms with van der Waals surface area (Å²) in [5, 5.41) is 8.21. The van der Waals surface area contributed by atoms with E-state index in [0.29, 0.717) is 5.92 Å². The minimum Gasteiger partial charge on any atom is -0.339 e. The first-order valence-corrected chi connectivity index (χ1v) is 7.94. The fourth-order valence-electron chi connectivity index (χ4n) is 2.86. The van der Waals surface area contributed by atoms with Gasteiger partial charge < -0.3 is 9.42 Å². The smallest absolute Gasteiger partial charge is 0.230 e. The van der Waals surface area contributed by atoms with Crippen LogP contribution in [0, 0.1) is 0 Å². The second-order valence-electron chi connectivity index (χ2n) is 5.51. The van der Waals surface area contributed by atoms with Crippen LogP contribution >= 0.6 is 11.3 Å². The third kappa shape index (κ3) is 2.32. The lowest BCUT2D eigenvalue weighted by atomic mass is 9.96. The Balaban J connectivity index is 1.45. The summed E-state index contributed by atoms with van der Waals surface area (Å²) in [6.45, 7) is 2.37. The van der Waals surface area contributed by atoms with Gasteiger partial charge in [-0.1, -0.05) is 5.16 Å². The van der Waals surface area contributed by atoms with Gasteiger partial charge >= 0.3 is 0 Å². The Morgan fingerprint density at radius 3 is 2.74 bits per heavy atom. The monoisotopic (exact) mass is 275 g/mol. The highest BCUT2D eigenvalue weighted by Crippen LogP contribution is 2.34. The predicted octanol–water partition coefficient (Wildman–Crippen LogP) is 3.14. The molecule has 2 fully saturated rings. The molecule has 2 aromatic rings. The summed E-state index contributed by atoms with van der Waals surface area (Å²) in [5.74, 6) is 2.02. The molecule has 1 saturated carbocycles. The van der Waals surface area contributed by atoms with Gasteiger partial charge in [0.15, 0.2) is 0 Å². The van der Waals surface area contributed by atoms with Gasteiger partial charge in [0.25, 0.3) is 0 Å². The van der Waals surface area contributed by atoms with Crippen LogP contribution in [0.15, 0.2) is 21.3 Å². The van der Waals surface area contributed by atoms with Gasteiger partial charge in [0.2, 0.25) is 11.7 Å². The Morgan fingerprint density at radius 1 is 1.21 bits per heavy atom. The molecule has 0 amide bonds. The summed E-state index contributed by atoms with van der Waals surface area (Å²) in [5.41, 5.74) is 1.07. The van der Waals surface area contributed by atoms with E-state index in [-0.39, 0.29) is 0 Å². The number of rotatable bonds is 3. The lowest BCUT2D eigenvalue weighted by Gasteiger charge is -2.30. The molecule has 0 bridgehead atoms. The molecule has 0 N–H and O–H groups in total. The minimum absolute atomic E-state index is 0.454. The molecule has 0 atom stereocenters. The third-order valence-corrected chi connectivity index (χ3v) is 4.85. The van der Waals surface area contributed by atoms with Crippen LogP contribution in [0.5, 0.6) is 0 Å². The fourth-order valence-corrected chi connectivity index (χ4v) is 3.50. The molecule has 3 heterocycles. The third-order valence-electron chi connectivity index (χ3n) is 4.16. The molecule has 4 rings (SSSR count). The zero-order chi connectivity index (χ0) is 12.7. The van der Waals surface area contributed by atoms with Crippen molar-refractivity contribution in [1.29, 1.82) is 0 Å². The maximum atomic E-state index is 5.46. The first-order valence-electron chi connectivity index (χ1n) is 7.00. The average Bonchev–Trinajstić information content (AvgIpc) is 2.96. The maximum absolute atomic E-state index is 5.46. The molecule has 1 saturated heterocycles. The normalized spacial score (nSPS) is 21.9. The van der Waals surface area contributed by atoms with Crippen molar-refractivity contribution in [2.45, 2.75) is 37.6 Å². The summed E-state index contributed by atoms with van der Waals surface area (Å²) < 4.78 is 5.46. The average molecular weight is 275 g/mol. The fraction of sp³-hybridized carbons (Fsp3) is 0.571. The zero-order valence-corrected chi connectivity index (χ0v) is 11.6. The highest BCUT2D eigenvalue weighted by Gasteiger charge is 2.33. The summed E-state index contributed by atoms with van der Waals surface area (Å²) >= 11 is 1.66. The summed E-state index contributed by atoms with van der Waals surface area (Å²) in [6.07, 6.45) is 5.10. The lowest BCUT2D eigenvalue weighted by molar-refractivity contribution is 0.186. The number of nitrogens with zero attached hydrogens (tertiary/aromatic N) is 3. The van der Waals surface area contributed by atoms with Gasteiger partial charge in [-0.25, -0.2) is 0 Å². The van der Waals surface area contributed by atoms with E-state index in [2.05, 4.69) is 20.4 Å². The van der Waals surface area contributed by atoms with E-state index in [9.17, 15) is 0 Å². The standard InChI is InChI=1S/C14H17N3OS/c1-2-12(1)17-6-3-10(4-7-17)14-15-13(16-18-14)11-5-8-19-9-11/h5,8-10,12H,1-4,6-7H2. The van der Waals surface area contributed by atoms with Crippen LogP contribution in [0.1, 0.15) is 37.5 Å². The van der Waals surface area contributed by atoms with Gasteiger partial charge in [-0.3, -0.25) is 0 Å². The van der Waals surface area contributed by atoms with E-state index < -0.39 is 0 Å². The van der Waals surface area contributed by atoms with Crippen LogP contribution in [0.3, 0.4) is 0 Å². The van der Waals surface area contributed by atoms with Crippen molar-refractivity contribution in [1.82, 2.24) is 15.0 Å². The molecular weight excluding hydrogens is 258 g/mol. The molecule has 2 aliphatic rings. The van der Waals surface area contributed by atoms with Crippen LogP contribution in [-0.2, 0) is 0 Å². The van der Waals surface area contributed by atoms with Gasteiger partial charge in [0.1, 0.15) is 0 Å². The Bertz CT molecular complexity index is 539. The number of hydrogen-bond donors (Lipinski definition) is 0. The van der Waals surface area contributed by atoms with E-state index >= 15 is 0 Å². The first kappa shape index (κ1) is 11.6. The van der Waals surface area contributed by atoms with Gasteiger partial charge in [0, 0.05) is 22.9 Å². The summed E-state index contributed by atoms with van der Waals surface area (Å²) in [4.78, 5) is 7.19.